The molecule has 17 heteroatoms. The van der Waals surface area contributed by atoms with E-state index < -0.39 is 53.5 Å². The standard InChI is InChI=1S/C23H20N6O9S2/c30-12-4-2-1-3-11(12)18(33)19(34)24-16-20(35)28-17(22(36)37)10(9-40-21(16)28)8-39-14-6-5-13-25-27(7-15(31)32)23(38)29(13)26-14/h1-6,16,18,21,30,33H,7-9H2,(H,24,34)(H,31,32)(H,36,37)/t16?,18?,21-/m0/s1. The summed E-state index contributed by atoms with van der Waals surface area (Å²) in [5.74, 6) is -4.10. The van der Waals surface area contributed by atoms with Gasteiger partial charge in [-0.25, -0.2) is 9.59 Å². The molecule has 2 amide bonds. The molecule has 2 aliphatic heterocycles. The molecule has 5 rings (SSSR count). The second-order valence-electron chi connectivity index (χ2n) is 8.68. The zero-order valence-electron chi connectivity index (χ0n) is 20.2. The molecule has 1 fully saturated rings. The maximum atomic E-state index is 12.9. The first-order chi connectivity index (χ1) is 19.1. The van der Waals surface area contributed by atoms with Crippen molar-refractivity contribution in [2.45, 2.75) is 29.1 Å². The molecule has 0 aliphatic carbocycles. The molecule has 0 spiro atoms. The highest BCUT2D eigenvalue weighted by Crippen LogP contribution is 2.41. The Balaban J connectivity index is 1.29. The summed E-state index contributed by atoms with van der Waals surface area (Å²) in [6, 6.07) is 7.68. The molecule has 4 heterocycles. The van der Waals surface area contributed by atoms with Gasteiger partial charge < -0.3 is 25.7 Å². The van der Waals surface area contributed by atoms with E-state index in [-0.39, 0.29) is 34.2 Å². The minimum Gasteiger partial charge on any atom is -0.508 e. The van der Waals surface area contributed by atoms with Crippen molar-refractivity contribution in [1.82, 2.24) is 29.6 Å². The summed E-state index contributed by atoms with van der Waals surface area (Å²) >= 11 is 2.35. The van der Waals surface area contributed by atoms with E-state index in [4.69, 9.17) is 5.11 Å². The average Bonchev–Trinajstić information content (AvgIpc) is 3.23. The fourth-order valence-corrected chi connectivity index (χ4v) is 6.59. The number of phenolic OH excluding ortho intramolecular Hbond substituents is 1. The Morgan fingerprint density at radius 1 is 1.12 bits per heavy atom. The van der Waals surface area contributed by atoms with Crippen molar-refractivity contribution in [2.24, 2.45) is 0 Å². The number of amides is 2. The molecular formula is C23H20N6O9S2. The first-order valence-electron chi connectivity index (χ1n) is 11.5. The fraction of sp³-hybridized carbons (Fsp3) is 0.261. The number of β-lactam (4-membered cyclic amide) rings is 1. The Morgan fingerprint density at radius 3 is 2.58 bits per heavy atom. The number of thioether (sulfide) groups is 2. The molecule has 0 radical (unpaired) electrons. The minimum atomic E-state index is -1.73. The van der Waals surface area contributed by atoms with Crippen LogP contribution in [0.1, 0.15) is 11.7 Å². The molecule has 1 saturated heterocycles. The Bertz CT molecular complexity index is 1650. The van der Waals surface area contributed by atoms with Crippen LogP contribution in [0.4, 0.5) is 0 Å². The lowest BCUT2D eigenvalue weighted by Crippen LogP contribution is -2.70. The van der Waals surface area contributed by atoms with Gasteiger partial charge in [-0.2, -0.15) is 14.3 Å². The van der Waals surface area contributed by atoms with Crippen molar-refractivity contribution in [3.8, 4) is 5.75 Å². The third-order valence-corrected chi connectivity index (χ3v) is 8.47. The lowest BCUT2D eigenvalue weighted by Gasteiger charge is -2.49. The molecule has 15 nitrogen and oxygen atoms in total. The second kappa shape index (κ2) is 10.7. The second-order valence-corrected chi connectivity index (χ2v) is 10.8. The number of rotatable bonds is 9. The maximum Gasteiger partial charge on any atom is 0.367 e. The first-order valence-corrected chi connectivity index (χ1v) is 13.6. The molecule has 5 N–H and O–H groups in total. The Kier molecular flexibility index (Phi) is 7.26. The number of nitrogens with zero attached hydrogens (tertiary/aromatic N) is 5. The number of carboxylic acids is 2. The predicted octanol–water partition coefficient (Wildman–Crippen LogP) is -0.754. The van der Waals surface area contributed by atoms with E-state index in [1.165, 1.54) is 42.1 Å². The van der Waals surface area contributed by atoms with E-state index in [0.717, 1.165) is 25.9 Å². The third-order valence-electron chi connectivity index (χ3n) is 6.12. The minimum absolute atomic E-state index is 0.0337. The molecule has 208 valence electrons. The Morgan fingerprint density at radius 2 is 1.88 bits per heavy atom. The molecule has 2 aliphatic rings. The number of aromatic hydroxyl groups is 1. The van der Waals surface area contributed by atoms with Gasteiger partial charge in [0.1, 0.15) is 34.4 Å². The van der Waals surface area contributed by atoms with Gasteiger partial charge in [0.25, 0.3) is 11.8 Å². The number of benzene rings is 1. The number of phenols is 1. The van der Waals surface area contributed by atoms with Gasteiger partial charge in [0.15, 0.2) is 11.8 Å². The van der Waals surface area contributed by atoms with Crippen LogP contribution in [0.3, 0.4) is 0 Å². The number of carbonyl (C=O) groups excluding carboxylic acids is 2. The van der Waals surface area contributed by atoms with Gasteiger partial charge in [0.2, 0.25) is 0 Å². The summed E-state index contributed by atoms with van der Waals surface area (Å²) in [6.45, 7) is -0.628. The summed E-state index contributed by atoms with van der Waals surface area (Å²) < 4.78 is 1.70. The van der Waals surface area contributed by atoms with Crippen molar-refractivity contribution in [3.63, 3.8) is 0 Å². The molecule has 2 aromatic heterocycles. The van der Waals surface area contributed by atoms with Crippen LogP contribution >= 0.6 is 23.5 Å². The highest BCUT2D eigenvalue weighted by Gasteiger charge is 2.54. The van der Waals surface area contributed by atoms with Crippen LogP contribution in [-0.4, -0.2) is 91.4 Å². The summed E-state index contributed by atoms with van der Waals surface area (Å²) in [5.41, 5.74) is -0.437. The zero-order chi connectivity index (χ0) is 28.7. The van der Waals surface area contributed by atoms with Crippen LogP contribution in [0.5, 0.6) is 5.75 Å². The van der Waals surface area contributed by atoms with Crippen LogP contribution in [0.25, 0.3) is 5.65 Å². The maximum absolute atomic E-state index is 12.9. The van der Waals surface area contributed by atoms with E-state index in [0.29, 0.717) is 10.6 Å². The van der Waals surface area contributed by atoms with Gasteiger partial charge in [-0.1, -0.05) is 18.2 Å². The highest BCUT2D eigenvalue weighted by molar-refractivity contribution is 8.01. The van der Waals surface area contributed by atoms with Gasteiger partial charge in [-0.05, 0) is 23.8 Å². The predicted molar refractivity (Wildman–Crippen MR) is 138 cm³/mol. The Hall–Kier alpha value is -4.35. The summed E-state index contributed by atoms with van der Waals surface area (Å²) in [5, 5.41) is 49.2. The summed E-state index contributed by atoms with van der Waals surface area (Å²) in [6.07, 6.45) is -1.73. The van der Waals surface area contributed by atoms with Crippen molar-refractivity contribution in [2.75, 3.05) is 11.5 Å². The van der Waals surface area contributed by atoms with Crippen LogP contribution < -0.4 is 11.0 Å². The number of aliphatic carboxylic acids is 2. The van der Waals surface area contributed by atoms with Crippen molar-refractivity contribution < 1.29 is 39.6 Å². The number of carboxylic acid groups (broad SMARTS) is 2. The molecule has 1 aromatic carbocycles. The van der Waals surface area contributed by atoms with Crippen LogP contribution in [0, 0.1) is 0 Å². The van der Waals surface area contributed by atoms with E-state index in [1.54, 1.807) is 6.07 Å². The summed E-state index contributed by atoms with van der Waals surface area (Å²) in [7, 11) is 0. The summed E-state index contributed by atoms with van der Waals surface area (Å²) in [4.78, 5) is 62.0. The van der Waals surface area contributed by atoms with Crippen LogP contribution in [-0.2, 0) is 25.7 Å². The van der Waals surface area contributed by atoms with Gasteiger partial charge in [0.05, 0.1) is 0 Å². The van der Waals surface area contributed by atoms with Crippen LogP contribution in [0.15, 0.2) is 57.5 Å². The van der Waals surface area contributed by atoms with Gasteiger partial charge >= 0.3 is 17.6 Å². The van der Waals surface area contributed by atoms with E-state index in [2.05, 4.69) is 15.5 Å². The zero-order valence-corrected chi connectivity index (χ0v) is 21.8. The number of hydrogen-bond acceptors (Lipinski definition) is 11. The van der Waals surface area contributed by atoms with Gasteiger partial charge in [-0.3, -0.25) is 19.3 Å². The molecule has 3 atom stereocenters. The monoisotopic (exact) mass is 588 g/mol. The number of nitrogens with one attached hydrogen (secondary N) is 1. The van der Waals surface area contributed by atoms with Gasteiger partial charge in [0, 0.05) is 17.1 Å². The SMILES string of the molecule is O=C(O)Cn1nc2ccc(SCC3=C(C(=O)O)N4C(=O)C(NC(=O)C(O)c5ccccc5O)[C@@H]4SC3)nn2c1=O. The normalized spacial score (nSPS) is 19.2. The third kappa shape index (κ3) is 4.89. The topological polar surface area (TPSA) is 217 Å². The molecule has 0 bridgehead atoms. The molecule has 0 saturated carbocycles. The smallest absolute Gasteiger partial charge is 0.367 e. The highest BCUT2D eigenvalue weighted by atomic mass is 32.2. The van der Waals surface area contributed by atoms with Crippen molar-refractivity contribution >= 4 is 52.9 Å². The van der Waals surface area contributed by atoms with Crippen LogP contribution in [0.2, 0.25) is 0 Å². The van der Waals surface area contributed by atoms with Crippen molar-refractivity contribution in [3.05, 3.63) is 63.7 Å². The number of hydrogen-bond donors (Lipinski definition) is 5. The number of aromatic nitrogens is 4. The van der Waals surface area contributed by atoms with E-state index >= 15 is 0 Å². The van der Waals surface area contributed by atoms with Gasteiger partial charge in [-0.15, -0.1) is 28.6 Å². The number of para-hydroxylation sites is 1. The first kappa shape index (κ1) is 27.2. The number of aliphatic hydroxyl groups excluding tert-OH is 1. The molecular weight excluding hydrogens is 568 g/mol. The molecule has 2 unspecified atom stereocenters. The molecule has 40 heavy (non-hydrogen) atoms. The lowest BCUT2D eigenvalue weighted by atomic mass is 10.0. The average molecular weight is 589 g/mol. The number of carbonyl (C=O) groups is 4. The largest absolute Gasteiger partial charge is 0.508 e. The number of fused-ring (bicyclic) bond motifs is 2. The van der Waals surface area contributed by atoms with E-state index in [1.807, 2.05) is 0 Å². The Labute approximate surface area is 232 Å². The molecule has 3 aromatic rings. The number of aliphatic hydroxyl groups is 1. The quantitative estimate of drug-likeness (QED) is 0.154. The van der Waals surface area contributed by atoms with Crippen molar-refractivity contribution in [1.29, 1.82) is 0 Å². The lowest BCUT2D eigenvalue weighted by molar-refractivity contribution is -0.151. The fourth-order valence-electron chi connectivity index (χ4n) is 4.25. The van der Waals surface area contributed by atoms with E-state index in [9.17, 15) is 39.3 Å².